The van der Waals surface area contributed by atoms with Crippen molar-refractivity contribution in [2.24, 2.45) is 11.1 Å². The number of nitrogens with two attached hydrogens (primary N) is 1. The normalized spacial score (nSPS) is 11.2. The number of primary amides is 1. The van der Waals surface area contributed by atoms with Crippen molar-refractivity contribution in [2.45, 2.75) is 34.1 Å². The summed E-state index contributed by atoms with van der Waals surface area (Å²) in [6, 6.07) is 1.83. The fraction of sp³-hybridized carbons (Fsp3) is 0.615. The second-order valence-electron chi connectivity index (χ2n) is 5.21. The van der Waals surface area contributed by atoms with Gasteiger partial charge in [-0.05, 0) is 27.2 Å². The van der Waals surface area contributed by atoms with E-state index in [-0.39, 0.29) is 5.91 Å². The van der Waals surface area contributed by atoms with Crippen LogP contribution in [0.4, 0.5) is 11.6 Å². The minimum absolute atomic E-state index is 0.338. The van der Waals surface area contributed by atoms with E-state index in [0.29, 0.717) is 18.2 Å². The second-order valence-corrected chi connectivity index (χ2v) is 5.21. The van der Waals surface area contributed by atoms with Crippen molar-refractivity contribution in [3.05, 3.63) is 11.9 Å². The standard InChI is InChI=1S/C13H23N5O/c1-5-6-15-10-7-11(18-9(2)17-10)16-8-13(3,4)12(14)19/h7H,5-6,8H2,1-4H3,(H2,14,19)(H2,15,16,17,18). The van der Waals surface area contributed by atoms with Gasteiger partial charge >= 0.3 is 0 Å². The Bertz CT molecular complexity index is 445. The summed E-state index contributed by atoms with van der Waals surface area (Å²) in [5.74, 6) is 1.82. The van der Waals surface area contributed by atoms with Crippen molar-refractivity contribution in [2.75, 3.05) is 23.7 Å². The molecule has 6 nitrogen and oxygen atoms in total. The van der Waals surface area contributed by atoms with Crippen LogP contribution >= 0.6 is 0 Å². The number of anilines is 2. The molecule has 0 radical (unpaired) electrons. The predicted molar refractivity (Wildman–Crippen MR) is 77.0 cm³/mol. The number of carbonyl (C=O) groups excluding carboxylic acids is 1. The van der Waals surface area contributed by atoms with Crippen LogP contribution < -0.4 is 16.4 Å². The molecule has 0 atom stereocenters. The Labute approximate surface area is 114 Å². The molecule has 0 fully saturated rings. The maximum atomic E-state index is 11.3. The highest BCUT2D eigenvalue weighted by molar-refractivity contribution is 5.80. The van der Waals surface area contributed by atoms with Gasteiger partial charge in [-0.25, -0.2) is 9.97 Å². The summed E-state index contributed by atoms with van der Waals surface area (Å²) in [7, 11) is 0. The van der Waals surface area contributed by atoms with Crippen LogP contribution in [-0.2, 0) is 4.79 Å². The van der Waals surface area contributed by atoms with Crippen LogP contribution in [0.5, 0.6) is 0 Å². The van der Waals surface area contributed by atoms with Crippen molar-refractivity contribution >= 4 is 17.5 Å². The largest absolute Gasteiger partial charge is 0.370 e. The molecule has 106 valence electrons. The molecular weight excluding hydrogens is 242 g/mol. The van der Waals surface area contributed by atoms with Crippen LogP contribution in [0, 0.1) is 12.3 Å². The molecule has 0 aromatic carbocycles. The third-order valence-electron chi connectivity index (χ3n) is 2.77. The van der Waals surface area contributed by atoms with Crippen molar-refractivity contribution in [3.8, 4) is 0 Å². The summed E-state index contributed by atoms with van der Waals surface area (Å²) < 4.78 is 0. The van der Waals surface area contributed by atoms with E-state index >= 15 is 0 Å². The predicted octanol–water partition coefficient (Wildman–Crippen LogP) is 1.53. The van der Waals surface area contributed by atoms with Gasteiger partial charge in [-0.15, -0.1) is 0 Å². The summed E-state index contributed by atoms with van der Waals surface area (Å²) in [6.07, 6.45) is 1.03. The zero-order valence-corrected chi connectivity index (χ0v) is 12.1. The summed E-state index contributed by atoms with van der Waals surface area (Å²) >= 11 is 0. The van der Waals surface area contributed by atoms with E-state index in [1.807, 2.05) is 13.0 Å². The number of hydrogen-bond acceptors (Lipinski definition) is 5. The van der Waals surface area contributed by atoms with Crippen molar-refractivity contribution in [3.63, 3.8) is 0 Å². The van der Waals surface area contributed by atoms with Gasteiger partial charge in [-0.3, -0.25) is 4.79 Å². The molecule has 0 aliphatic carbocycles. The summed E-state index contributed by atoms with van der Waals surface area (Å²) in [4.78, 5) is 19.8. The fourth-order valence-electron chi connectivity index (χ4n) is 1.40. The lowest BCUT2D eigenvalue weighted by Crippen LogP contribution is -2.37. The Kier molecular flexibility index (Phi) is 5.09. The minimum atomic E-state index is -0.615. The summed E-state index contributed by atoms with van der Waals surface area (Å²) in [5, 5.41) is 6.34. The highest BCUT2D eigenvalue weighted by Gasteiger charge is 2.24. The van der Waals surface area contributed by atoms with Crippen LogP contribution in [-0.4, -0.2) is 29.0 Å². The van der Waals surface area contributed by atoms with Gasteiger partial charge in [-0.2, -0.15) is 0 Å². The first-order valence-corrected chi connectivity index (χ1v) is 6.48. The van der Waals surface area contributed by atoms with Gasteiger partial charge in [0.2, 0.25) is 5.91 Å². The molecule has 0 spiro atoms. The number of nitrogens with zero attached hydrogens (tertiary/aromatic N) is 2. The molecule has 4 N–H and O–H groups in total. The van der Waals surface area contributed by atoms with E-state index in [2.05, 4.69) is 27.5 Å². The van der Waals surface area contributed by atoms with Gasteiger partial charge in [0, 0.05) is 19.2 Å². The molecule has 1 heterocycles. The number of aromatic nitrogens is 2. The van der Waals surface area contributed by atoms with Crippen LogP contribution in [0.3, 0.4) is 0 Å². The molecule has 1 aromatic rings. The third-order valence-corrected chi connectivity index (χ3v) is 2.77. The molecule has 0 saturated carbocycles. The van der Waals surface area contributed by atoms with Crippen LogP contribution in [0.15, 0.2) is 6.07 Å². The molecule has 0 bridgehead atoms. The van der Waals surface area contributed by atoms with Gasteiger partial charge in [0.05, 0.1) is 5.41 Å². The Morgan fingerprint density at radius 1 is 1.32 bits per heavy atom. The average molecular weight is 265 g/mol. The average Bonchev–Trinajstić information content (AvgIpc) is 2.33. The number of aryl methyl sites for hydroxylation is 1. The fourth-order valence-corrected chi connectivity index (χ4v) is 1.40. The van der Waals surface area contributed by atoms with E-state index < -0.39 is 5.41 Å². The molecule has 0 saturated heterocycles. The molecule has 1 amide bonds. The Morgan fingerprint density at radius 3 is 2.42 bits per heavy atom. The number of rotatable bonds is 7. The highest BCUT2D eigenvalue weighted by atomic mass is 16.1. The van der Waals surface area contributed by atoms with Crippen molar-refractivity contribution in [1.29, 1.82) is 0 Å². The van der Waals surface area contributed by atoms with E-state index in [1.54, 1.807) is 13.8 Å². The lowest BCUT2D eigenvalue weighted by Gasteiger charge is -2.21. The topological polar surface area (TPSA) is 92.9 Å². The molecule has 1 rings (SSSR count). The quantitative estimate of drug-likeness (QED) is 0.695. The Morgan fingerprint density at radius 2 is 1.89 bits per heavy atom. The second kappa shape index (κ2) is 6.36. The highest BCUT2D eigenvalue weighted by Crippen LogP contribution is 2.17. The molecule has 6 heteroatoms. The monoisotopic (exact) mass is 265 g/mol. The van der Waals surface area contributed by atoms with Gasteiger partial charge < -0.3 is 16.4 Å². The Hall–Kier alpha value is -1.85. The van der Waals surface area contributed by atoms with E-state index in [1.165, 1.54) is 0 Å². The molecule has 0 aliphatic heterocycles. The number of hydrogen-bond donors (Lipinski definition) is 3. The SMILES string of the molecule is CCCNc1cc(NCC(C)(C)C(N)=O)nc(C)n1. The van der Waals surface area contributed by atoms with Crippen LogP contribution in [0.2, 0.25) is 0 Å². The third kappa shape index (κ3) is 4.73. The van der Waals surface area contributed by atoms with Crippen molar-refractivity contribution < 1.29 is 4.79 Å². The van der Waals surface area contributed by atoms with E-state index in [9.17, 15) is 4.79 Å². The first kappa shape index (κ1) is 15.2. The summed E-state index contributed by atoms with van der Waals surface area (Å²) in [5.41, 5.74) is 4.72. The molecule has 1 aromatic heterocycles. The first-order valence-electron chi connectivity index (χ1n) is 6.48. The molecule has 0 unspecified atom stereocenters. The van der Waals surface area contributed by atoms with Gasteiger partial charge in [0.15, 0.2) is 0 Å². The smallest absolute Gasteiger partial charge is 0.224 e. The maximum Gasteiger partial charge on any atom is 0.224 e. The molecule has 0 aliphatic rings. The van der Waals surface area contributed by atoms with Gasteiger partial charge in [-0.1, -0.05) is 6.92 Å². The number of amides is 1. The summed E-state index contributed by atoms with van der Waals surface area (Å²) in [6.45, 7) is 8.82. The van der Waals surface area contributed by atoms with Gasteiger partial charge in [0.1, 0.15) is 17.5 Å². The maximum absolute atomic E-state index is 11.3. The zero-order chi connectivity index (χ0) is 14.5. The zero-order valence-electron chi connectivity index (χ0n) is 12.1. The lowest BCUT2D eigenvalue weighted by atomic mass is 9.93. The van der Waals surface area contributed by atoms with Crippen LogP contribution in [0.25, 0.3) is 0 Å². The van der Waals surface area contributed by atoms with E-state index in [0.717, 1.165) is 18.8 Å². The van der Waals surface area contributed by atoms with E-state index in [4.69, 9.17) is 5.73 Å². The van der Waals surface area contributed by atoms with Gasteiger partial charge in [0.25, 0.3) is 0 Å². The van der Waals surface area contributed by atoms with Crippen molar-refractivity contribution in [1.82, 2.24) is 9.97 Å². The molecular formula is C13H23N5O. The molecule has 19 heavy (non-hydrogen) atoms. The Balaban J connectivity index is 2.73. The number of nitrogens with one attached hydrogen (secondary N) is 2. The minimum Gasteiger partial charge on any atom is -0.370 e. The van der Waals surface area contributed by atoms with Crippen LogP contribution in [0.1, 0.15) is 33.0 Å². The number of carbonyl (C=O) groups is 1. The first-order chi connectivity index (χ1) is 8.85. The lowest BCUT2D eigenvalue weighted by molar-refractivity contribution is -0.125.